The Morgan fingerprint density at radius 3 is 2.78 bits per heavy atom. The van der Waals surface area contributed by atoms with E-state index in [0.717, 1.165) is 31.9 Å². The normalized spacial score (nSPS) is 23.4. The lowest BCUT2D eigenvalue weighted by Crippen LogP contribution is -2.50. The highest BCUT2D eigenvalue weighted by Crippen LogP contribution is 2.19. The van der Waals surface area contributed by atoms with Crippen LogP contribution in [0, 0.1) is 0 Å². The van der Waals surface area contributed by atoms with Gasteiger partial charge in [-0.2, -0.15) is 0 Å². The smallest absolute Gasteiger partial charge is 0.320 e. The first-order valence-electron chi connectivity index (χ1n) is 9.58. The SMILES string of the molecule is CCNC(=O)[C@@H]1C[C@H](n2cc(CN(C)C(=O)N3CCN(C)CC3)nn2)CN1. The van der Waals surface area contributed by atoms with Crippen LogP contribution in [-0.2, 0) is 11.3 Å². The maximum Gasteiger partial charge on any atom is 0.320 e. The Morgan fingerprint density at radius 2 is 2.07 bits per heavy atom. The lowest BCUT2D eigenvalue weighted by Gasteiger charge is -2.34. The van der Waals surface area contributed by atoms with Crippen LogP contribution in [-0.4, -0.2) is 101 Å². The summed E-state index contributed by atoms with van der Waals surface area (Å²) in [6.07, 6.45) is 2.56. The second-order valence-corrected chi connectivity index (χ2v) is 7.36. The Bertz CT molecular complexity index is 655. The monoisotopic (exact) mass is 378 g/mol. The van der Waals surface area contributed by atoms with E-state index in [0.29, 0.717) is 26.1 Å². The summed E-state index contributed by atoms with van der Waals surface area (Å²) < 4.78 is 1.80. The van der Waals surface area contributed by atoms with Crippen molar-refractivity contribution in [3.63, 3.8) is 0 Å². The van der Waals surface area contributed by atoms with Crippen LogP contribution in [0.25, 0.3) is 0 Å². The first kappa shape index (κ1) is 19.6. The summed E-state index contributed by atoms with van der Waals surface area (Å²) in [5.41, 5.74) is 0.751. The minimum absolute atomic E-state index is 0.0245. The minimum atomic E-state index is -0.191. The van der Waals surface area contributed by atoms with E-state index in [4.69, 9.17) is 0 Å². The Balaban J connectivity index is 1.52. The number of hydrogen-bond donors (Lipinski definition) is 2. The third-order valence-electron chi connectivity index (χ3n) is 5.21. The maximum atomic E-state index is 12.6. The van der Waals surface area contributed by atoms with Crippen LogP contribution in [0.2, 0.25) is 0 Å². The second-order valence-electron chi connectivity index (χ2n) is 7.36. The number of nitrogens with one attached hydrogen (secondary N) is 2. The molecular formula is C17H30N8O2. The molecule has 1 aromatic heterocycles. The molecule has 1 aromatic rings. The molecule has 27 heavy (non-hydrogen) atoms. The Kier molecular flexibility index (Phi) is 6.27. The van der Waals surface area contributed by atoms with Gasteiger partial charge in [0.25, 0.3) is 0 Å². The van der Waals surface area contributed by atoms with Crippen molar-refractivity contribution in [1.82, 2.24) is 40.3 Å². The number of urea groups is 1. The lowest BCUT2D eigenvalue weighted by atomic mass is 10.1. The average molecular weight is 378 g/mol. The van der Waals surface area contributed by atoms with Gasteiger partial charge in [-0.3, -0.25) is 4.79 Å². The minimum Gasteiger partial charge on any atom is -0.355 e. The molecule has 2 saturated heterocycles. The number of aromatic nitrogens is 3. The van der Waals surface area contributed by atoms with Crippen LogP contribution < -0.4 is 10.6 Å². The predicted octanol–water partition coefficient (Wildman–Crippen LogP) is -0.884. The van der Waals surface area contributed by atoms with Crippen LogP contribution in [0.5, 0.6) is 0 Å². The number of hydrogen-bond acceptors (Lipinski definition) is 6. The molecular weight excluding hydrogens is 348 g/mol. The molecule has 2 aliphatic rings. The number of piperazine rings is 1. The lowest BCUT2D eigenvalue weighted by molar-refractivity contribution is -0.122. The maximum absolute atomic E-state index is 12.6. The van der Waals surface area contributed by atoms with E-state index in [2.05, 4.69) is 32.9 Å². The third kappa shape index (κ3) is 4.75. The highest BCUT2D eigenvalue weighted by Gasteiger charge is 2.31. The number of nitrogens with zero attached hydrogens (tertiary/aromatic N) is 6. The van der Waals surface area contributed by atoms with Gasteiger partial charge >= 0.3 is 6.03 Å². The van der Waals surface area contributed by atoms with Gasteiger partial charge in [-0.15, -0.1) is 5.10 Å². The topological polar surface area (TPSA) is 98.6 Å². The largest absolute Gasteiger partial charge is 0.355 e. The van der Waals surface area contributed by atoms with E-state index in [1.807, 2.05) is 18.0 Å². The Hall–Kier alpha value is -2.20. The molecule has 3 rings (SSSR count). The molecule has 150 valence electrons. The number of carbonyl (C=O) groups is 2. The summed E-state index contributed by atoms with van der Waals surface area (Å²) in [5.74, 6) is 0.0258. The quantitative estimate of drug-likeness (QED) is 0.690. The van der Waals surface area contributed by atoms with Crippen molar-refractivity contribution in [3.05, 3.63) is 11.9 Å². The Labute approximate surface area is 159 Å². The molecule has 0 aliphatic carbocycles. The molecule has 0 unspecified atom stereocenters. The van der Waals surface area contributed by atoms with Crippen molar-refractivity contribution < 1.29 is 9.59 Å². The van der Waals surface area contributed by atoms with Crippen LogP contribution in [0.4, 0.5) is 4.79 Å². The van der Waals surface area contributed by atoms with Crippen molar-refractivity contribution in [2.75, 3.05) is 53.4 Å². The number of amides is 3. The summed E-state index contributed by atoms with van der Waals surface area (Å²) in [4.78, 5) is 30.3. The molecule has 3 heterocycles. The van der Waals surface area contributed by atoms with Crippen LogP contribution >= 0.6 is 0 Å². The van der Waals surface area contributed by atoms with Gasteiger partial charge in [-0.25, -0.2) is 9.48 Å². The third-order valence-corrected chi connectivity index (χ3v) is 5.21. The van der Waals surface area contributed by atoms with Crippen molar-refractivity contribution >= 4 is 11.9 Å². The fourth-order valence-electron chi connectivity index (χ4n) is 3.53. The number of rotatable bonds is 5. The standard InChI is InChI=1S/C17H30N8O2/c1-4-18-16(26)15-9-14(10-19-15)25-12-13(20-21-25)11-23(3)17(27)24-7-5-22(2)6-8-24/h12,14-15,19H,4-11H2,1-3H3,(H,18,26)/t14-,15-/m0/s1. The zero-order valence-corrected chi connectivity index (χ0v) is 16.4. The van der Waals surface area contributed by atoms with E-state index >= 15 is 0 Å². The van der Waals surface area contributed by atoms with Crippen LogP contribution in [0.1, 0.15) is 25.1 Å². The van der Waals surface area contributed by atoms with E-state index in [1.165, 1.54) is 0 Å². The average Bonchev–Trinajstić information content (AvgIpc) is 3.31. The van der Waals surface area contributed by atoms with Crippen LogP contribution in [0.3, 0.4) is 0 Å². The molecule has 3 amide bonds. The molecule has 2 N–H and O–H groups in total. The fraction of sp³-hybridized carbons (Fsp3) is 0.765. The summed E-state index contributed by atoms with van der Waals surface area (Å²) in [7, 11) is 3.86. The molecule has 2 aliphatic heterocycles. The van der Waals surface area contributed by atoms with Gasteiger partial charge in [0, 0.05) is 46.3 Å². The second kappa shape index (κ2) is 8.66. The van der Waals surface area contributed by atoms with Crippen molar-refractivity contribution in [2.24, 2.45) is 0 Å². The summed E-state index contributed by atoms with van der Waals surface area (Å²) in [6, 6.07) is -0.0712. The van der Waals surface area contributed by atoms with Gasteiger partial charge in [0.2, 0.25) is 5.91 Å². The molecule has 2 fully saturated rings. The first-order valence-corrected chi connectivity index (χ1v) is 9.58. The Morgan fingerprint density at radius 1 is 1.33 bits per heavy atom. The fourth-order valence-corrected chi connectivity index (χ4v) is 3.53. The highest BCUT2D eigenvalue weighted by molar-refractivity contribution is 5.82. The van der Waals surface area contributed by atoms with Gasteiger partial charge in [-0.05, 0) is 20.4 Å². The zero-order chi connectivity index (χ0) is 19.4. The molecule has 10 nitrogen and oxygen atoms in total. The molecule has 0 radical (unpaired) electrons. The van der Waals surface area contributed by atoms with E-state index in [-0.39, 0.29) is 24.0 Å². The molecule has 10 heteroatoms. The van der Waals surface area contributed by atoms with Crippen LogP contribution in [0.15, 0.2) is 6.20 Å². The first-order chi connectivity index (χ1) is 13.0. The van der Waals surface area contributed by atoms with Gasteiger partial charge in [0.05, 0.1) is 24.8 Å². The summed E-state index contributed by atoms with van der Waals surface area (Å²) in [6.45, 7) is 6.94. The van der Waals surface area contributed by atoms with E-state index in [1.54, 1.807) is 16.6 Å². The van der Waals surface area contributed by atoms with E-state index < -0.39 is 0 Å². The van der Waals surface area contributed by atoms with Gasteiger partial charge < -0.3 is 25.3 Å². The molecule has 2 atom stereocenters. The molecule has 0 bridgehead atoms. The number of carbonyl (C=O) groups excluding carboxylic acids is 2. The summed E-state index contributed by atoms with van der Waals surface area (Å²) >= 11 is 0. The van der Waals surface area contributed by atoms with Crippen molar-refractivity contribution in [3.8, 4) is 0 Å². The molecule has 0 saturated carbocycles. The summed E-state index contributed by atoms with van der Waals surface area (Å²) in [5, 5.41) is 14.5. The van der Waals surface area contributed by atoms with Gasteiger partial charge in [0.1, 0.15) is 5.69 Å². The van der Waals surface area contributed by atoms with Gasteiger partial charge in [0.15, 0.2) is 0 Å². The zero-order valence-electron chi connectivity index (χ0n) is 16.4. The molecule has 0 aromatic carbocycles. The van der Waals surface area contributed by atoms with Crippen molar-refractivity contribution in [2.45, 2.75) is 32.0 Å². The molecule has 0 spiro atoms. The number of likely N-dealkylation sites (N-methyl/N-ethyl adjacent to an activating group) is 2. The highest BCUT2D eigenvalue weighted by atomic mass is 16.2. The van der Waals surface area contributed by atoms with Gasteiger partial charge in [-0.1, -0.05) is 5.21 Å². The van der Waals surface area contributed by atoms with E-state index in [9.17, 15) is 9.59 Å². The predicted molar refractivity (Wildman–Crippen MR) is 100 cm³/mol. The van der Waals surface area contributed by atoms with Crippen molar-refractivity contribution in [1.29, 1.82) is 0 Å².